The molecule has 1 rings (SSSR count). The van der Waals surface area contributed by atoms with E-state index in [9.17, 15) is 13.2 Å². The van der Waals surface area contributed by atoms with E-state index in [2.05, 4.69) is 4.42 Å². The van der Waals surface area contributed by atoms with Gasteiger partial charge in [0.15, 0.2) is 0 Å². The van der Waals surface area contributed by atoms with Gasteiger partial charge in [-0.1, -0.05) is 6.08 Å². The third kappa shape index (κ3) is 2.62. The molecular formula is C8H8F3NO. The minimum Gasteiger partial charge on any atom is -0.452 e. The van der Waals surface area contributed by atoms with Crippen molar-refractivity contribution in [3.63, 3.8) is 0 Å². The van der Waals surface area contributed by atoms with Crippen molar-refractivity contribution in [3.05, 3.63) is 29.7 Å². The lowest BCUT2D eigenvalue weighted by Gasteiger charge is -1.99. The monoisotopic (exact) mass is 191 g/mol. The van der Waals surface area contributed by atoms with Crippen LogP contribution in [0.5, 0.6) is 0 Å². The van der Waals surface area contributed by atoms with E-state index in [1.165, 1.54) is 18.2 Å². The van der Waals surface area contributed by atoms with Gasteiger partial charge in [-0.2, -0.15) is 13.2 Å². The summed E-state index contributed by atoms with van der Waals surface area (Å²) in [5.41, 5.74) is 5.12. The molecule has 0 aliphatic rings. The van der Waals surface area contributed by atoms with Gasteiger partial charge in [0.2, 0.25) is 5.76 Å². The highest BCUT2D eigenvalue weighted by Crippen LogP contribution is 2.30. The molecule has 0 bridgehead atoms. The van der Waals surface area contributed by atoms with Gasteiger partial charge >= 0.3 is 6.18 Å². The van der Waals surface area contributed by atoms with Crippen molar-refractivity contribution in [2.75, 3.05) is 6.54 Å². The molecule has 72 valence electrons. The molecule has 0 fully saturated rings. The van der Waals surface area contributed by atoms with Crippen LogP contribution in [0, 0.1) is 0 Å². The maximum atomic E-state index is 12.0. The molecule has 1 aromatic rings. The average molecular weight is 191 g/mol. The van der Waals surface area contributed by atoms with Crippen molar-refractivity contribution < 1.29 is 17.6 Å². The molecule has 0 spiro atoms. The van der Waals surface area contributed by atoms with E-state index in [0.717, 1.165) is 6.07 Å². The molecule has 2 nitrogen and oxygen atoms in total. The van der Waals surface area contributed by atoms with E-state index in [0.29, 0.717) is 0 Å². The van der Waals surface area contributed by atoms with Gasteiger partial charge in [-0.15, -0.1) is 0 Å². The van der Waals surface area contributed by atoms with E-state index >= 15 is 0 Å². The van der Waals surface area contributed by atoms with E-state index in [-0.39, 0.29) is 12.3 Å². The second kappa shape index (κ2) is 3.66. The lowest BCUT2D eigenvalue weighted by molar-refractivity contribution is -0.153. The van der Waals surface area contributed by atoms with Crippen molar-refractivity contribution in [3.8, 4) is 0 Å². The number of hydrogen-bond donors (Lipinski definition) is 1. The zero-order chi connectivity index (χ0) is 9.90. The molecular weight excluding hydrogens is 183 g/mol. The zero-order valence-corrected chi connectivity index (χ0v) is 6.64. The molecule has 0 aliphatic heterocycles. The smallest absolute Gasteiger partial charge is 0.449 e. The Labute approximate surface area is 72.8 Å². The Morgan fingerprint density at radius 2 is 2.08 bits per heavy atom. The summed E-state index contributed by atoms with van der Waals surface area (Å²) in [5.74, 6) is -0.845. The molecule has 13 heavy (non-hydrogen) atoms. The first-order valence-electron chi connectivity index (χ1n) is 3.57. The summed E-state index contributed by atoms with van der Waals surface area (Å²) < 4.78 is 40.4. The molecule has 0 amide bonds. The molecule has 0 aliphatic carbocycles. The number of rotatable bonds is 2. The number of nitrogens with two attached hydrogens (primary N) is 1. The molecule has 0 atom stereocenters. The van der Waals surface area contributed by atoms with Crippen LogP contribution < -0.4 is 5.73 Å². The van der Waals surface area contributed by atoms with Crippen LogP contribution in [0.3, 0.4) is 0 Å². The second-order valence-corrected chi connectivity index (χ2v) is 2.34. The maximum absolute atomic E-state index is 12.0. The van der Waals surface area contributed by atoms with Crippen LogP contribution in [0.1, 0.15) is 11.5 Å². The molecule has 5 heteroatoms. The highest BCUT2D eigenvalue weighted by Gasteiger charge is 2.34. The topological polar surface area (TPSA) is 39.2 Å². The molecule has 1 heterocycles. The van der Waals surface area contributed by atoms with E-state index in [4.69, 9.17) is 5.73 Å². The summed E-state index contributed by atoms with van der Waals surface area (Å²) in [6, 6.07) is 2.13. The van der Waals surface area contributed by atoms with Crippen molar-refractivity contribution in [1.29, 1.82) is 0 Å². The Morgan fingerprint density at radius 3 is 2.54 bits per heavy atom. The fraction of sp³-hybridized carbons (Fsp3) is 0.250. The molecule has 2 N–H and O–H groups in total. The predicted molar refractivity (Wildman–Crippen MR) is 41.8 cm³/mol. The highest BCUT2D eigenvalue weighted by molar-refractivity contribution is 5.43. The SMILES string of the molecule is NC/C=C/c1ccc(C(F)(F)F)o1. The second-order valence-electron chi connectivity index (χ2n) is 2.34. The van der Waals surface area contributed by atoms with Gasteiger partial charge in [0, 0.05) is 6.54 Å². The van der Waals surface area contributed by atoms with Crippen LogP contribution in [0.15, 0.2) is 22.6 Å². The summed E-state index contributed by atoms with van der Waals surface area (Å²) in [6.07, 6.45) is -1.51. The fourth-order valence-electron chi connectivity index (χ4n) is 0.779. The first-order chi connectivity index (χ1) is 6.04. The van der Waals surface area contributed by atoms with E-state index < -0.39 is 11.9 Å². The third-order valence-corrected chi connectivity index (χ3v) is 1.32. The molecule has 0 saturated heterocycles. The van der Waals surface area contributed by atoms with Crippen LogP contribution in [0.2, 0.25) is 0 Å². The average Bonchev–Trinajstić information content (AvgIpc) is 2.47. The summed E-state index contributed by atoms with van der Waals surface area (Å²) >= 11 is 0. The Bertz CT molecular complexity index is 301. The quantitative estimate of drug-likeness (QED) is 0.778. The Morgan fingerprint density at radius 1 is 1.38 bits per heavy atom. The zero-order valence-electron chi connectivity index (χ0n) is 6.64. The molecule has 0 unspecified atom stereocenters. The molecule has 0 saturated carbocycles. The van der Waals surface area contributed by atoms with Crippen molar-refractivity contribution in [2.45, 2.75) is 6.18 Å². The van der Waals surface area contributed by atoms with Crippen LogP contribution in [-0.2, 0) is 6.18 Å². The molecule has 0 radical (unpaired) electrons. The normalized spacial score (nSPS) is 12.6. The predicted octanol–water partition coefficient (Wildman–Crippen LogP) is 2.27. The Kier molecular flexibility index (Phi) is 2.77. The van der Waals surface area contributed by atoms with Gasteiger partial charge < -0.3 is 10.2 Å². The van der Waals surface area contributed by atoms with E-state index in [1.54, 1.807) is 0 Å². The van der Waals surface area contributed by atoms with E-state index in [1.807, 2.05) is 0 Å². The first kappa shape index (κ1) is 9.85. The lowest BCUT2D eigenvalue weighted by Crippen LogP contribution is -2.01. The Hall–Kier alpha value is -1.23. The van der Waals surface area contributed by atoms with Crippen molar-refractivity contribution in [2.24, 2.45) is 5.73 Å². The summed E-state index contributed by atoms with van der Waals surface area (Å²) in [5, 5.41) is 0. The maximum Gasteiger partial charge on any atom is 0.449 e. The fourth-order valence-corrected chi connectivity index (χ4v) is 0.779. The number of halogens is 3. The van der Waals surface area contributed by atoms with Crippen molar-refractivity contribution in [1.82, 2.24) is 0 Å². The molecule has 1 aromatic heterocycles. The van der Waals surface area contributed by atoms with Crippen LogP contribution in [0.25, 0.3) is 6.08 Å². The van der Waals surface area contributed by atoms with Gasteiger partial charge in [0.05, 0.1) is 0 Å². The largest absolute Gasteiger partial charge is 0.452 e. The van der Waals surface area contributed by atoms with Crippen LogP contribution >= 0.6 is 0 Å². The van der Waals surface area contributed by atoms with Crippen LogP contribution in [-0.4, -0.2) is 6.54 Å². The summed E-state index contributed by atoms with van der Waals surface area (Å²) in [4.78, 5) is 0. The summed E-state index contributed by atoms with van der Waals surface area (Å²) in [6.45, 7) is 0.266. The van der Waals surface area contributed by atoms with Gasteiger partial charge in [0.1, 0.15) is 5.76 Å². The lowest BCUT2D eigenvalue weighted by atomic mass is 10.4. The van der Waals surface area contributed by atoms with Gasteiger partial charge in [0.25, 0.3) is 0 Å². The number of furan rings is 1. The standard InChI is InChI=1S/C8H8F3NO/c9-8(10,11)7-4-3-6(13-7)2-1-5-12/h1-4H,5,12H2/b2-1+. The van der Waals surface area contributed by atoms with Crippen LogP contribution in [0.4, 0.5) is 13.2 Å². The number of alkyl halides is 3. The van der Waals surface area contributed by atoms with Gasteiger partial charge in [-0.25, -0.2) is 0 Å². The minimum atomic E-state index is -4.42. The third-order valence-electron chi connectivity index (χ3n) is 1.32. The van der Waals surface area contributed by atoms with Gasteiger partial charge in [-0.05, 0) is 18.2 Å². The molecule has 0 aromatic carbocycles. The Balaban J connectivity index is 2.81. The highest BCUT2D eigenvalue weighted by atomic mass is 19.4. The minimum absolute atomic E-state index is 0.151. The van der Waals surface area contributed by atoms with Gasteiger partial charge in [-0.3, -0.25) is 0 Å². The van der Waals surface area contributed by atoms with Crippen molar-refractivity contribution >= 4 is 6.08 Å². The summed E-state index contributed by atoms with van der Waals surface area (Å²) in [7, 11) is 0. The number of hydrogen-bond acceptors (Lipinski definition) is 2. The first-order valence-corrected chi connectivity index (χ1v) is 3.57.